The van der Waals surface area contributed by atoms with Crippen LogP contribution in [0.5, 0.6) is 11.5 Å². The Morgan fingerprint density at radius 1 is 0.903 bits per heavy atom. The molecular weight excluding hydrogens is 392 g/mol. The second kappa shape index (κ2) is 8.47. The molecule has 0 aliphatic carbocycles. The summed E-state index contributed by atoms with van der Waals surface area (Å²) in [6.07, 6.45) is 0. The summed E-state index contributed by atoms with van der Waals surface area (Å²) in [5.41, 5.74) is 4.61. The number of hydrogen-bond acceptors (Lipinski definition) is 5. The van der Waals surface area contributed by atoms with Crippen molar-refractivity contribution >= 4 is 22.6 Å². The molecule has 4 rings (SSSR count). The minimum Gasteiger partial charge on any atom is -0.497 e. The third-order valence-corrected chi connectivity index (χ3v) is 5.08. The zero-order chi connectivity index (χ0) is 22.0. The molecule has 0 saturated carbocycles. The Morgan fingerprint density at radius 3 is 2.32 bits per heavy atom. The SMILES string of the molecule is COc1ccc(C(=O)Nc2ccc3nn(-c4ccc(C(C)C)cc4)nc3c2)c(OC)c1. The van der Waals surface area contributed by atoms with E-state index in [4.69, 9.17) is 9.47 Å². The van der Waals surface area contributed by atoms with Crippen LogP contribution in [0.2, 0.25) is 0 Å². The van der Waals surface area contributed by atoms with Gasteiger partial charge in [0.1, 0.15) is 22.5 Å². The van der Waals surface area contributed by atoms with Crippen LogP contribution in [0.3, 0.4) is 0 Å². The van der Waals surface area contributed by atoms with E-state index in [-0.39, 0.29) is 5.91 Å². The maximum atomic E-state index is 12.8. The van der Waals surface area contributed by atoms with Gasteiger partial charge in [0.05, 0.1) is 25.5 Å². The Morgan fingerprint density at radius 2 is 1.65 bits per heavy atom. The summed E-state index contributed by atoms with van der Waals surface area (Å²) in [5, 5.41) is 12.0. The number of nitrogens with one attached hydrogen (secondary N) is 1. The summed E-state index contributed by atoms with van der Waals surface area (Å²) in [6, 6.07) is 18.7. The lowest BCUT2D eigenvalue weighted by molar-refractivity contribution is 0.102. The Hall–Kier alpha value is -3.87. The predicted octanol–water partition coefficient (Wildman–Crippen LogP) is 4.81. The number of nitrogens with zero attached hydrogens (tertiary/aromatic N) is 3. The number of anilines is 1. The minimum atomic E-state index is -0.282. The number of hydrogen-bond donors (Lipinski definition) is 1. The fraction of sp³-hybridized carbons (Fsp3) is 0.208. The highest BCUT2D eigenvalue weighted by Crippen LogP contribution is 2.26. The lowest BCUT2D eigenvalue weighted by Gasteiger charge is -2.10. The largest absolute Gasteiger partial charge is 0.497 e. The molecule has 0 saturated heterocycles. The number of carbonyl (C=O) groups is 1. The smallest absolute Gasteiger partial charge is 0.259 e. The molecule has 0 radical (unpaired) electrons. The molecule has 0 bridgehead atoms. The first-order valence-corrected chi connectivity index (χ1v) is 9.99. The molecule has 1 heterocycles. The summed E-state index contributed by atoms with van der Waals surface area (Å²) >= 11 is 0. The van der Waals surface area contributed by atoms with Crippen LogP contribution in [-0.2, 0) is 0 Å². The van der Waals surface area contributed by atoms with Crippen molar-refractivity contribution in [3.05, 3.63) is 71.8 Å². The van der Waals surface area contributed by atoms with E-state index in [1.165, 1.54) is 12.7 Å². The third kappa shape index (κ3) is 4.21. The lowest BCUT2D eigenvalue weighted by atomic mass is 10.0. The van der Waals surface area contributed by atoms with E-state index in [0.29, 0.717) is 34.2 Å². The van der Waals surface area contributed by atoms with E-state index < -0.39 is 0 Å². The number of aromatic nitrogens is 3. The van der Waals surface area contributed by atoms with Gasteiger partial charge in [0.15, 0.2) is 0 Å². The summed E-state index contributed by atoms with van der Waals surface area (Å²) < 4.78 is 10.5. The van der Waals surface area contributed by atoms with Gasteiger partial charge in [-0.15, -0.1) is 10.2 Å². The first-order valence-electron chi connectivity index (χ1n) is 9.99. The van der Waals surface area contributed by atoms with Crippen LogP contribution in [0.15, 0.2) is 60.7 Å². The number of methoxy groups -OCH3 is 2. The molecule has 1 aromatic heterocycles. The van der Waals surface area contributed by atoms with Gasteiger partial charge in [-0.1, -0.05) is 26.0 Å². The van der Waals surface area contributed by atoms with Crippen molar-refractivity contribution in [1.29, 1.82) is 0 Å². The maximum absolute atomic E-state index is 12.8. The molecule has 1 N–H and O–H groups in total. The zero-order valence-corrected chi connectivity index (χ0v) is 17.9. The monoisotopic (exact) mass is 416 g/mol. The molecule has 4 aromatic rings. The van der Waals surface area contributed by atoms with Crippen LogP contribution in [0, 0.1) is 0 Å². The van der Waals surface area contributed by atoms with Crippen LogP contribution in [0.1, 0.15) is 35.7 Å². The van der Waals surface area contributed by atoms with Gasteiger partial charge in [0, 0.05) is 11.8 Å². The molecule has 0 aliphatic heterocycles. The number of rotatable bonds is 6. The normalized spacial score (nSPS) is 11.0. The van der Waals surface area contributed by atoms with E-state index in [1.54, 1.807) is 42.2 Å². The highest BCUT2D eigenvalue weighted by atomic mass is 16.5. The molecule has 3 aromatic carbocycles. The van der Waals surface area contributed by atoms with E-state index >= 15 is 0 Å². The van der Waals surface area contributed by atoms with Crippen molar-refractivity contribution in [2.75, 3.05) is 19.5 Å². The molecule has 158 valence electrons. The summed E-state index contributed by atoms with van der Waals surface area (Å²) in [7, 11) is 3.08. The molecule has 0 aliphatic rings. The fourth-order valence-electron chi connectivity index (χ4n) is 3.28. The average Bonchev–Trinajstić information content (AvgIpc) is 3.22. The quantitative estimate of drug-likeness (QED) is 0.488. The Labute approximate surface area is 180 Å². The maximum Gasteiger partial charge on any atom is 0.259 e. The molecule has 0 fully saturated rings. The second-order valence-electron chi connectivity index (χ2n) is 7.46. The van der Waals surface area contributed by atoms with Crippen LogP contribution in [0.25, 0.3) is 16.7 Å². The number of amides is 1. The van der Waals surface area contributed by atoms with Gasteiger partial charge in [0.2, 0.25) is 0 Å². The van der Waals surface area contributed by atoms with E-state index in [1.807, 2.05) is 18.2 Å². The van der Waals surface area contributed by atoms with E-state index in [2.05, 4.69) is 41.5 Å². The summed E-state index contributed by atoms with van der Waals surface area (Å²) in [6.45, 7) is 4.32. The van der Waals surface area contributed by atoms with Crippen LogP contribution >= 0.6 is 0 Å². The molecular formula is C24H24N4O3. The number of ether oxygens (including phenoxy) is 2. The van der Waals surface area contributed by atoms with Crippen molar-refractivity contribution in [1.82, 2.24) is 15.0 Å². The molecule has 7 nitrogen and oxygen atoms in total. The average molecular weight is 416 g/mol. The minimum absolute atomic E-state index is 0.282. The Balaban J connectivity index is 1.58. The molecule has 31 heavy (non-hydrogen) atoms. The first kappa shape index (κ1) is 20.4. The topological polar surface area (TPSA) is 78.3 Å². The standard InChI is InChI=1S/C24H24N4O3/c1-15(2)16-5-8-18(9-6-16)28-26-21-12-7-17(13-22(21)27-28)25-24(29)20-11-10-19(30-3)14-23(20)31-4/h5-15H,1-4H3,(H,25,29). The van der Waals surface area contributed by atoms with Crippen molar-refractivity contribution in [3.63, 3.8) is 0 Å². The van der Waals surface area contributed by atoms with Gasteiger partial charge in [-0.2, -0.15) is 4.80 Å². The van der Waals surface area contributed by atoms with Crippen molar-refractivity contribution in [2.45, 2.75) is 19.8 Å². The van der Waals surface area contributed by atoms with Crippen molar-refractivity contribution < 1.29 is 14.3 Å². The van der Waals surface area contributed by atoms with Gasteiger partial charge >= 0.3 is 0 Å². The first-order chi connectivity index (χ1) is 15.0. The third-order valence-electron chi connectivity index (χ3n) is 5.08. The lowest BCUT2D eigenvalue weighted by Crippen LogP contribution is -2.13. The molecule has 0 unspecified atom stereocenters. The zero-order valence-electron chi connectivity index (χ0n) is 17.9. The Bertz CT molecular complexity index is 1230. The molecule has 7 heteroatoms. The molecule has 0 spiro atoms. The number of carbonyl (C=O) groups excluding carboxylic acids is 1. The van der Waals surface area contributed by atoms with Crippen LogP contribution in [0.4, 0.5) is 5.69 Å². The van der Waals surface area contributed by atoms with Gasteiger partial charge in [-0.05, 0) is 53.9 Å². The highest BCUT2D eigenvalue weighted by Gasteiger charge is 2.14. The predicted molar refractivity (Wildman–Crippen MR) is 120 cm³/mol. The second-order valence-corrected chi connectivity index (χ2v) is 7.46. The van der Waals surface area contributed by atoms with Crippen LogP contribution < -0.4 is 14.8 Å². The number of fused-ring (bicyclic) bond motifs is 1. The Kier molecular flexibility index (Phi) is 5.58. The fourth-order valence-corrected chi connectivity index (χ4v) is 3.28. The van der Waals surface area contributed by atoms with Gasteiger partial charge in [-0.25, -0.2) is 0 Å². The molecule has 0 atom stereocenters. The highest BCUT2D eigenvalue weighted by molar-refractivity contribution is 6.06. The van der Waals surface area contributed by atoms with Gasteiger partial charge in [-0.3, -0.25) is 4.79 Å². The van der Waals surface area contributed by atoms with Gasteiger partial charge < -0.3 is 14.8 Å². The van der Waals surface area contributed by atoms with Crippen LogP contribution in [-0.4, -0.2) is 35.1 Å². The van der Waals surface area contributed by atoms with E-state index in [0.717, 1.165) is 11.2 Å². The van der Waals surface area contributed by atoms with Crippen molar-refractivity contribution in [3.8, 4) is 17.2 Å². The molecule has 1 amide bonds. The van der Waals surface area contributed by atoms with Gasteiger partial charge in [0.25, 0.3) is 5.91 Å². The van der Waals surface area contributed by atoms with E-state index in [9.17, 15) is 4.79 Å². The van der Waals surface area contributed by atoms with Crippen molar-refractivity contribution in [2.24, 2.45) is 0 Å². The summed E-state index contributed by atoms with van der Waals surface area (Å²) in [5.74, 6) is 1.24. The number of benzene rings is 3. The summed E-state index contributed by atoms with van der Waals surface area (Å²) in [4.78, 5) is 14.4.